The lowest BCUT2D eigenvalue weighted by molar-refractivity contribution is 0.125. The Morgan fingerprint density at radius 3 is 2.87 bits per heavy atom. The molecule has 1 aromatic rings. The van der Waals surface area contributed by atoms with Gasteiger partial charge in [0.1, 0.15) is 0 Å². The molecule has 0 aromatic carbocycles. The summed E-state index contributed by atoms with van der Waals surface area (Å²) in [5.74, 6) is 0. The van der Waals surface area contributed by atoms with Crippen molar-refractivity contribution in [2.45, 2.75) is 25.8 Å². The number of rotatable bonds is 7. The van der Waals surface area contributed by atoms with Crippen LogP contribution in [0, 0.1) is 0 Å². The Hall–Kier alpha value is -0.0900. The number of ether oxygens (including phenoxy) is 1. The fraction of sp³-hybridized carbons (Fsp3) is 0.636. The number of hydrogen-bond donors (Lipinski definition) is 1. The van der Waals surface area contributed by atoms with Crippen LogP contribution >= 0.6 is 22.9 Å². The fourth-order valence-electron chi connectivity index (χ4n) is 1.41. The van der Waals surface area contributed by atoms with E-state index in [1.54, 1.807) is 11.3 Å². The molecule has 0 aliphatic rings. The van der Waals surface area contributed by atoms with Gasteiger partial charge in [-0.25, -0.2) is 0 Å². The average molecular weight is 248 g/mol. The summed E-state index contributed by atoms with van der Waals surface area (Å²) >= 11 is 7.78. The third-order valence-electron chi connectivity index (χ3n) is 2.21. The van der Waals surface area contributed by atoms with E-state index in [1.165, 1.54) is 4.88 Å². The molecule has 86 valence electrons. The topological polar surface area (TPSA) is 21.3 Å². The third-order valence-corrected chi connectivity index (χ3v) is 3.68. The summed E-state index contributed by atoms with van der Waals surface area (Å²) in [4.78, 5) is 1.21. The minimum Gasteiger partial charge on any atom is -0.381 e. The zero-order chi connectivity index (χ0) is 11.1. The molecular formula is C11H18ClNOS. The van der Waals surface area contributed by atoms with Crippen LogP contribution in [0.3, 0.4) is 0 Å². The lowest BCUT2D eigenvalue weighted by atomic mass is 10.2. The molecule has 4 heteroatoms. The maximum absolute atomic E-state index is 6.08. The molecule has 0 saturated heterocycles. The molecule has 0 aliphatic heterocycles. The molecule has 1 atom stereocenters. The molecule has 1 unspecified atom stereocenters. The molecule has 0 fully saturated rings. The molecule has 1 N–H and O–H groups in total. The van der Waals surface area contributed by atoms with Gasteiger partial charge in [0.15, 0.2) is 0 Å². The lowest BCUT2D eigenvalue weighted by Crippen LogP contribution is -2.17. The van der Waals surface area contributed by atoms with Crippen LogP contribution in [0.25, 0.3) is 0 Å². The van der Waals surface area contributed by atoms with Gasteiger partial charge in [-0.2, -0.15) is 0 Å². The van der Waals surface area contributed by atoms with Crippen molar-refractivity contribution in [2.24, 2.45) is 0 Å². The van der Waals surface area contributed by atoms with Crippen LogP contribution in [0.5, 0.6) is 0 Å². The molecule has 0 aliphatic carbocycles. The standard InChI is InChI=1S/C11H18ClNOS/c1-3-6-14-7-4-10(13-2)11-9(12)5-8-15-11/h5,8,10,13H,3-4,6-7H2,1-2H3. The minimum absolute atomic E-state index is 0.314. The lowest BCUT2D eigenvalue weighted by Gasteiger charge is -2.15. The molecular weight excluding hydrogens is 230 g/mol. The largest absolute Gasteiger partial charge is 0.381 e. The molecule has 0 radical (unpaired) electrons. The van der Waals surface area contributed by atoms with Crippen molar-refractivity contribution in [3.05, 3.63) is 21.3 Å². The zero-order valence-electron chi connectivity index (χ0n) is 9.25. The smallest absolute Gasteiger partial charge is 0.0561 e. The van der Waals surface area contributed by atoms with Crippen LogP contribution in [-0.4, -0.2) is 20.3 Å². The quantitative estimate of drug-likeness (QED) is 0.745. The number of thiophene rings is 1. The monoisotopic (exact) mass is 247 g/mol. The van der Waals surface area contributed by atoms with Crippen LogP contribution in [0.2, 0.25) is 5.02 Å². The van der Waals surface area contributed by atoms with E-state index >= 15 is 0 Å². The second kappa shape index (κ2) is 7.23. The minimum atomic E-state index is 0.314. The highest BCUT2D eigenvalue weighted by atomic mass is 35.5. The molecule has 0 amide bonds. The highest BCUT2D eigenvalue weighted by Gasteiger charge is 2.13. The predicted molar refractivity (Wildman–Crippen MR) is 66.9 cm³/mol. The van der Waals surface area contributed by atoms with Gasteiger partial charge in [-0.1, -0.05) is 18.5 Å². The van der Waals surface area contributed by atoms with Crippen LogP contribution in [0.1, 0.15) is 30.7 Å². The Morgan fingerprint density at radius 1 is 1.53 bits per heavy atom. The Bertz CT molecular complexity index is 277. The molecule has 15 heavy (non-hydrogen) atoms. The van der Waals surface area contributed by atoms with E-state index in [0.717, 1.165) is 31.1 Å². The summed E-state index contributed by atoms with van der Waals surface area (Å²) in [6.45, 7) is 3.74. The second-order valence-electron chi connectivity index (χ2n) is 3.38. The van der Waals surface area contributed by atoms with Crippen LogP contribution in [-0.2, 0) is 4.74 Å². The van der Waals surface area contributed by atoms with Crippen molar-refractivity contribution in [1.29, 1.82) is 0 Å². The van der Waals surface area contributed by atoms with Gasteiger partial charge < -0.3 is 10.1 Å². The Labute approximate surface area is 101 Å². The van der Waals surface area contributed by atoms with Crippen molar-refractivity contribution in [1.82, 2.24) is 5.32 Å². The van der Waals surface area contributed by atoms with Crippen LogP contribution < -0.4 is 5.32 Å². The van der Waals surface area contributed by atoms with E-state index in [9.17, 15) is 0 Å². The van der Waals surface area contributed by atoms with Gasteiger partial charge in [-0.15, -0.1) is 11.3 Å². The van der Waals surface area contributed by atoms with Crippen molar-refractivity contribution in [2.75, 3.05) is 20.3 Å². The molecule has 1 heterocycles. The molecule has 2 nitrogen and oxygen atoms in total. The first-order valence-corrected chi connectivity index (χ1v) is 6.53. The van der Waals surface area contributed by atoms with E-state index < -0.39 is 0 Å². The highest BCUT2D eigenvalue weighted by molar-refractivity contribution is 7.10. The molecule has 1 aromatic heterocycles. The molecule has 1 rings (SSSR count). The highest BCUT2D eigenvalue weighted by Crippen LogP contribution is 2.30. The first-order valence-electron chi connectivity index (χ1n) is 5.27. The fourth-order valence-corrected chi connectivity index (χ4v) is 2.74. The molecule has 0 spiro atoms. The van der Waals surface area contributed by atoms with Crippen molar-refractivity contribution >= 4 is 22.9 Å². The third kappa shape index (κ3) is 4.11. The Balaban J connectivity index is 2.39. The molecule has 0 saturated carbocycles. The van der Waals surface area contributed by atoms with Gasteiger partial charge in [0.05, 0.1) is 5.02 Å². The summed E-state index contributed by atoms with van der Waals surface area (Å²) in [6, 6.07) is 2.26. The number of nitrogens with one attached hydrogen (secondary N) is 1. The van der Waals surface area contributed by atoms with E-state index in [-0.39, 0.29) is 0 Å². The summed E-state index contributed by atoms with van der Waals surface area (Å²) in [5.41, 5.74) is 0. The maximum atomic E-state index is 6.08. The van der Waals surface area contributed by atoms with Crippen molar-refractivity contribution < 1.29 is 4.74 Å². The summed E-state index contributed by atoms with van der Waals surface area (Å²) in [6.07, 6.45) is 2.04. The second-order valence-corrected chi connectivity index (χ2v) is 4.73. The van der Waals surface area contributed by atoms with E-state index in [0.29, 0.717) is 6.04 Å². The van der Waals surface area contributed by atoms with Gasteiger partial charge in [0, 0.05) is 24.1 Å². The summed E-state index contributed by atoms with van der Waals surface area (Å²) in [7, 11) is 1.96. The number of halogens is 1. The van der Waals surface area contributed by atoms with Gasteiger partial charge in [-0.3, -0.25) is 0 Å². The Morgan fingerprint density at radius 2 is 2.33 bits per heavy atom. The van der Waals surface area contributed by atoms with Gasteiger partial charge in [-0.05, 0) is 31.3 Å². The van der Waals surface area contributed by atoms with Crippen molar-refractivity contribution in [3.63, 3.8) is 0 Å². The van der Waals surface area contributed by atoms with Gasteiger partial charge >= 0.3 is 0 Å². The maximum Gasteiger partial charge on any atom is 0.0561 e. The van der Waals surface area contributed by atoms with Crippen LogP contribution in [0.15, 0.2) is 11.4 Å². The zero-order valence-corrected chi connectivity index (χ0v) is 10.8. The normalized spacial score (nSPS) is 13.0. The van der Waals surface area contributed by atoms with Crippen LogP contribution in [0.4, 0.5) is 0 Å². The number of hydrogen-bond acceptors (Lipinski definition) is 3. The average Bonchev–Trinajstić information content (AvgIpc) is 2.65. The van der Waals surface area contributed by atoms with Gasteiger partial charge in [0.2, 0.25) is 0 Å². The SMILES string of the molecule is CCCOCCC(NC)c1sccc1Cl. The molecule has 0 bridgehead atoms. The summed E-state index contributed by atoms with van der Waals surface area (Å²) in [5, 5.41) is 6.15. The van der Waals surface area contributed by atoms with Gasteiger partial charge in [0.25, 0.3) is 0 Å². The summed E-state index contributed by atoms with van der Waals surface area (Å²) < 4.78 is 5.47. The van der Waals surface area contributed by atoms with E-state index in [4.69, 9.17) is 16.3 Å². The first kappa shape index (κ1) is 13.0. The van der Waals surface area contributed by atoms with E-state index in [2.05, 4.69) is 12.2 Å². The van der Waals surface area contributed by atoms with E-state index in [1.807, 2.05) is 18.5 Å². The first-order chi connectivity index (χ1) is 7.29. The Kier molecular flexibility index (Phi) is 6.25. The predicted octanol–water partition coefficient (Wildman–Crippen LogP) is 3.48. The van der Waals surface area contributed by atoms with Crippen molar-refractivity contribution in [3.8, 4) is 0 Å².